The molecule has 0 spiro atoms. The zero-order valence-corrected chi connectivity index (χ0v) is 13.4. The molecule has 0 saturated carbocycles. The first kappa shape index (κ1) is 16.3. The number of allylic oxidation sites excluding steroid dienone is 2. The predicted molar refractivity (Wildman–Crippen MR) is 91.4 cm³/mol. The van der Waals surface area contributed by atoms with Gasteiger partial charge >= 0.3 is 5.97 Å². The van der Waals surface area contributed by atoms with Crippen LogP contribution in [0.2, 0.25) is 10.0 Å². The van der Waals surface area contributed by atoms with Gasteiger partial charge in [-0.1, -0.05) is 59.6 Å². The number of carbonyl (C=O) groups is 1. The molecule has 22 heavy (non-hydrogen) atoms. The van der Waals surface area contributed by atoms with Crippen LogP contribution in [0.15, 0.2) is 66.3 Å². The van der Waals surface area contributed by atoms with Gasteiger partial charge in [0.05, 0.1) is 0 Å². The molecule has 0 aliphatic rings. The molecule has 0 heterocycles. The standard InChI is InChI=1S/C18H14Cl2O2/c1-12(18(21)22)2-11-17(13-3-7-15(19)8-4-13)14-5-9-16(20)10-6-14/h2-11H,1H3,(H,21,22)/b12-2+. The minimum atomic E-state index is -0.942. The molecular formula is C18H14Cl2O2. The number of carboxylic acid groups (broad SMARTS) is 1. The lowest BCUT2D eigenvalue weighted by Crippen LogP contribution is -1.95. The Morgan fingerprint density at radius 2 is 1.27 bits per heavy atom. The molecule has 0 amide bonds. The summed E-state index contributed by atoms with van der Waals surface area (Å²) < 4.78 is 0. The molecule has 0 aromatic heterocycles. The van der Waals surface area contributed by atoms with Gasteiger partial charge in [0.15, 0.2) is 0 Å². The summed E-state index contributed by atoms with van der Waals surface area (Å²) in [7, 11) is 0. The first-order valence-corrected chi connectivity index (χ1v) is 7.37. The largest absolute Gasteiger partial charge is 0.478 e. The van der Waals surface area contributed by atoms with E-state index in [1.165, 1.54) is 0 Å². The molecule has 0 aliphatic carbocycles. The topological polar surface area (TPSA) is 37.3 Å². The third-order valence-electron chi connectivity index (χ3n) is 3.15. The van der Waals surface area contributed by atoms with Crippen LogP contribution < -0.4 is 0 Å². The van der Waals surface area contributed by atoms with Gasteiger partial charge in [-0.05, 0) is 47.9 Å². The van der Waals surface area contributed by atoms with E-state index >= 15 is 0 Å². The van der Waals surface area contributed by atoms with E-state index in [-0.39, 0.29) is 5.57 Å². The van der Waals surface area contributed by atoms with Crippen molar-refractivity contribution in [2.24, 2.45) is 0 Å². The first-order valence-electron chi connectivity index (χ1n) is 6.61. The number of carboxylic acids is 1. The molecule has 2 aromatic rings. The number of benzene rings is 2. The lowest BCUT2D eigenvalue weighted by Gasteiger charge is -2.08. The Kier molecular flexibility index (Phi) is 5.42. The molecule has 0 unspecified atom stereocenters. The van der Waals surface area contributed by atoms with Gasteiger partial charge in [-0.15, -0.1) is 0 Å². The van der Waals surface area contributed by atoms with Crippen molar-refractivity contribution in [2.45, 2.75) is 6.92 Å². The second-order valence-electron chi connectivity index (χ2n) is 4.75. The van der Waals surface area contributed by atoms with Crippen molar-refractivity contribution in [3.63, 3.8) is 0 Å². The number of rotatable bonds is 4. The summed E-state index contributed by atoms with van der Waals surface area (Å²) in [6.07, 6.45) is 3.37. The number of halogens is 2. The SMILES string of the molecule is C/C(=C\C=C(c1ccc(Cl)cc1)c1ccc(Cl)cc1)C(=O)O. The Labute approximate surface area is 139 Å². The molecule has 2 nitrogen and oxygen atoms in total. The molecule has 0 bridgehead atoms. The molecular weight excluding hydrogens is 319 g/mol. The van der Waals surface area contributed by atoms with E-state index in [0.717, 1.165) is 16.7 Å². The van der Waals surface area contributed by atoms with E-state index in [4.69, 9.17) is 28.3 Å². The summed E-state index contributed by atoms with van der Waals surface area (Å²) in [6, 6.07) is 14.8. The Balaban J connectivity index is 2.51. The fraction of sp³-hybridized carbons (Fsp3) is 0.0556. The molecule has 2 rings (SSSR count). The zero-order chi connectivity index (χ0) is 16.1. The third kappa shape index (κ3) is 4.23. The molecule has 0 fully saturated rings. The van der Waals surface area contributed by atoms with Crippen LogP contribution in [0.1, 0.15) is 18.1 Å². The Bertz CT molecular complexity index is 679. The van der Waals surface area contributed by atoms with Crippen LogP contribution in [-0.4, -0.2) is 11.1 Å². The summed E-state index contributed by atoms with van der Waals surface area (Å²) in [5.74, 6) is -0.942. The van der Waals surface area contributed by atoms with Gasteiger partial charge in [-0.2, -0.15) is 0 Å². The third-order valence-corrected chi connectivity index (χ3v) is 3.65. The molecule has 0 saturated heterocycles. The Morgan fingerprint density at radius 3 is 1.64 bits per heavy atom. The van der Waals surface area contributed by atoms with Crippen molar-refractivity contribution in [2.75, 3.05) is 0 Å². The predicted octanol–water partition coefficient (Wildman–Crippen LogP) is 5.46. The van der Waals surface area contributed by atoms with Crippen LogP contribution in [0.3, 0.4) is 0 Å². The quantitative estimate of drug-likeness (QED) is 0.596. The molecule has 4 heteroatoms. The molecule has 0 radical (unpaired) electrons. The van der Waals surface area contributed by atoms with Crippen molar-refractivity contribution >= 4 is 34.7 Å². The first-order chi connectivity index (χ1) is 10.5. The van der Waals surface area contributed by atoms with Gasteiger partial charge in [-0.3, -0.25) is 0 Å². The lowest BCUT2D eigenvalue weighted by atomic mass is 9.97. The monoisotopic (exact) mass is 332 g/mol. The van der Waals surface area contributed by atoms with Crippen LogP contribution >= 0.6 is 23.2 Å². The lowest BCUT2D eigenvalue weighted by molar-refractivity contribution is -0.132. The summed E-state index contributed by atoms with van der Waals surface area (Å²) in [6.45, 7) is 1.56. The highest BCUT2D eigenvalue weighted by Gasteiger charge is 2.06. The Hall–Kier alpha value is -2.03. The second-order valence-corrected chi connectivity index (χ2v) is 5.62. The summed E-state index contributed by atoms with van der Waals surface area (Å²) in [5.41, 5.74) is 3.05. The maximum absolute atomic E-state index is 10.9. The summed E-state index contributed by atoms with van der Waals surface area (Å²) in [5, 5.41) is 10.3. The van der Waals surface area contributed by atoms with Crippen LogP contribution in [0.5, 0.6) is 0 Å². The van der Waals surface area contributed by atoms with Crippen LogP contribution in [0.25, 0.3) is 5.57 Å². The highest BCUT2D eigenvalue weighted by Crippen LogP contribution is 2.26. The minimum Gasteiger partial charge on any atom is -0.478 e. The summed E-state index contributed by atoms with van der Waals surface area (Å²) >= 11 is 11.9. The maximum Gasteiger partial charge on any atom is 0.331 e. The van der Waals surface area contributed by atoms with E-state index < -0.39 is 5.97 Å². The van der Waals surface area contributed by atoms with Gasteiger partial charge in [0.1, 0.15) is 0 Å². The van der Waals surface area contributed by atoms with Crippen LogP contribution in [-0.2, 0) is 4.79 Å². The van der Waals surface area contributed by atoms with Crippen molar-refractivity contribution in [3.05, 3.63) is 87.4 Å². The molecule has 0 atom stereocenters. The van der Waals surface area contributed by atoms with Gasteiger partial charge in [-0.25, -0.2) is 4.79 Å². The highest BCUT2D eigenvalue weighted by atomic mass is 35.5. The van der Waals surface area contributed by atoms with E-state index in [2.05, 4.69) is 0 Å². The minimum absolute atomic E-state index is 0.264. The highest BCUT2D eigenvalue weighted by molar-refractivity contribution is 6.31. The molecule has 1 N–H and O–H groups in total. The average molecular weight is 333 g/mol. The molecule has 112 valence electrons. The van der Waals surface area contributed by atoms with Crippen molar-refractivity contribution in [1.29, 1.82) is 0 Å². The maximum atomic E-state index is 10.9. The van der Waals surface area contributed by atoms with Gasteiger partial charge in [0.25, 0.3) is 0 Å². The van der Waals surface area contributed by atoms with E-state index in [1.54, 1.807) is 43.3 Å². The van der Waals surface area contributed by atoms with E-state index in [1.807, 2.05) is 24.3 Å². The average Bonchev–Trinajstić information content (AvgIpc) is 2.50. The summed E-state index contributed by atoms with van der Waals surface area (Å²) in [4.78, 5) is 10.9. The second kappa shape index (κ2) is 7.30. The van der Waals surface area contributed by atoms with Crippen molar-refractivity contribution in [3.8, 4) is 0 Å². The van der Waals surface area contributed by atoms with E-state index in [0.29, 0.717) is 10.0 Å². The number of hydrogen-bond acceptors (Lipinski definition) is 1. The van der Waals surface area contributed by atoms with E-state index in [9.17, 15) is 4.79 Å². The zero-order valence-electron chi connectivity index (χ0n) is 11.9. The smallest absolute Gasteiger partial charge is 0.331 e. The normalized spacial score (nSPS) is 11.1. The fourth-order valence-corrected chi connectivity index (χ4v) is 2.15. The van der Waals surface area contributed by atoms with Gasteiger partial charge in [0, 0.05) is 15.6 Å². The van der Waals surface area contributed by atoms with Crippen LogP contribution in [0.4, 0.5) is 0 Å². The van der Waals surface area contributed by atoms with Crippen LogP contribution in [0, 0.1) is 0 Å². The number of hydrogen-bond donors (Lipinski definition) is 1. The molecule has 0 aliphatic heterocycles. The molecule has 2 aromatic carbocycles. The number of aliphatic carboxylic acids is 1. The fourth-order valence-electron chi connectivity index (χ4n) is 1.90. The van der Waals surface area contributed by atoms with Gasteiger partial charge in [0.2, 0.25) is 0 Å². The van der Waals surface area contributed by atoms with Gasteiger partial charge < -0.3 is 5.11 Å². The Morgan fingerprint density at radius 1 is 0.864 bits per heavy atom. The van der Waals surface area contributed by atoms with Crippen molar-refractivity contribution < 1.29 is 9.90 Å². The van der Waals surface area contributed by atoms with Crippen molar-refractivity contribution in [1.82, 2.24) is 0 Å².